The molecule has 0 radical (unpaired) electrons. The Balaban J connectivity index is 0.00000450. The number of unbranched alkanes of at least 4 members (excludes halogenated alkanes) is 8. The van der Waals surface area contributed by atoms with Crippen molar-refractivity contribution in [1.29, 1.82) is 0 Å². The molecular formula is C23H31KO5S. The Morgan fingerprint density at radius 2 is 1.50 bits per heavy atom. The van der Waals surface area contributed by atoms with Crippen molar-refractivity contribution in [3.8, 4) is 17.2 Å². The molecule has 0 saturated carbocycles. The molecule has 0 fully saturated rings. The fraction of sp³-hybridized carbons (Fsp3) is 0.478. The fourth-order valence-electron chi connectivity index (χ4n) is 3.33. The van der Waals surface area contributed by atoms with Gasteiger partial charge >= 0.3 is 51.4 Å². The minimum absolute atomic E-state index is 0. The molecule has 7 heteroatoms. The Hall–Kier alpha value is -0.414. The van der Waals surface area contributed by atoms with Crippen LogP contribution in [0, 0.1) is 0 Å². The first-order valence-electron chi connectivity index (χ1n) is 10.5. The fourth-order valence-corrected chi connectivity index (χ4v) is 3.84. The van der Waals surface area contributed by atoms with Gasteiger partial charge in [-0.15, -0.1) is 5.75 Å². The maximum atomic E-state index is 12.3. The van der Waals surface area contributed by atoms with E-state index in [-0.39, 0.29) is 67.8 Å². The molecule has 2 aromatic rings. The quantitative estimate of drug-likeness (QED) is 0.283. The van der Waals surface area contributed by atoms with Crippen LogP contribution in [0.1, 0.15) is 70.3 Å². The summed E-state index contributed by atoms with van der Waals surface area (Å²) in [5.41, 5.74) is 0.604. The van der Waals surface area contributed by atoms with Crippen molar-refractivity contribution in [2.75, 3.05) is 0 Å². The molecule has 2 aromatic carbocycles. The van der Waals surface area contributed by atoms with E-state index in [0.717, 1.165) is 12.8 Å². The molecule has 0 atom stereocenters. The molecule has 0 spiro atoms. The molecule has 0 aliphatic rings. The third kappa shape index (κ3) is 9.81. The van der Waals surface area contributed by atoms with Gasteiger partial charge in [0.25, 0.3) is 10.1 Å². The third-order valence-corrected chi connectivity index (χ3v) is 5.80. The van der Waals surface area contributed by atoms with E-state index in [1.54, 1.807) is 18.2 Å². The van der Waals surface area contributed by atoms with Gasteiger partial charge in [-0.2, -0.15) is 8.42 Å². The predicted molar refractivity (Wildman–Crippen MR) is 113 cm³/mol. The average Bonchev–Trinajstić information content (AvgIpc) is 2.68. The SMILES string of the molecule is CCCCCCCCCCCc1c([O-])cccc1Oc1cccc(S(=O)(=O)O)c1.[K+]. The molecule has 0 saturated heterocycles. The van der Waals surface area contributed by atoms with Gasteiger partial charge in [-0.1, -0.05) is 76.5 Å². The summed E-state index contributed by atoms with van der Waals surface area (Å²) >= 11 is 0. The molecule has 0 bridgehead atoms. The van der Waals surface area contributed by atoms with Crippen LogP contribution in [-0.2, 0) is 16.5 Å². The van der Waals surface area contributed by atoms with Gasteiger partial charge in [-0.05, 0) is 36.6 Å². The molecule has 0 unspecified atom stereocenters. The van der Waals surface area contributed by atoms with Crippen LogP contribution in [0.4, 0.5) is 0 Å². The summed E-state index contributed by atoms with van der Waals surface area (Å²) in [7, 11) is -4.31. The first kappa shape index (κ1) is 27.6. The van der Waals surface area contributed by atoms with E-state index >= 15 is 0 Å². The van der Waals surface area contributed by atoms with Crippen molar-refractivity contribution in [2.24, 2.45) is 0 Å². The van der Waals surface area contributed by atoms with E-state index < -0.39 is 10.1 Å². The van der Waals surface area contributed by atoms with Crippen molar-refractivity contribution in [2.45, 2.75) is 76.0 Å². The van der Waals surface area contributed by atoms with Crippen LogP contribution < -0.4 is 61.2 Å². The van der Waals surface area contributed by atoms with Gasteiger partial charge in [0.15, 0.2) is 0 Å². The topological polar surface area (TPSA) is 86.7 Å². The van der Waals surface area contributed by atoms with Gasteiger partial charge in [0.05, 0.1) is 4.90 Å². The first-order chi connectivity index (χ1) is 13.9. The van der Waals surface area contributed by atoms with E-state index in [9.17, 15) is 18.1 Å². The Morgan fingerprint density at radius 1 is 0.900 bits per heavy atom. The second-order valence-electron chi connectivity index (χ2n) is 7.36. The van der Waals surface area contributed by atoms with Crippen molar-refractivity contribution in [1.82, 2.24) is 0 Å². The summed E-state index contributed by atoms with van der Waals surface area (Å²) in [6.45, 7) is 2.22. The number of hydrogen-bond acceptors (Lipinski definition) is 4. The second kappa shape index (κ2) is 14.6. The molecule has 2 rings (SSSR count). The van der Waals surface area contributed by atoms with E-state index in [2.05, 4.69) is 6.92 Å². The Labute approximate surface area is 223 Å². The van der Waals surface area contributed by atoms with Crippen molar-refractivity contribution >= 4 is 10.1 Å². The standard InChI is InChI=1S/C23H32O5S.K/c1-2-3-4-5-6-7-8-9-10-15-21-22(24)16-12-17-23(21)28-19-13-11-14-20(18-19)29(25,26)27;/h11-14,16-18,24H,2-10,15H2,1H3,(H,25,26,27);/q;+1/p-1. The van der Waals surface area contributed by atoms with Crippen LogP contribution in [0.3, 0.4) is 0 Å². The van der Waals surface area contributed by atoms with E-state index in [1.165, 1.54) is 69.2 Å². The molecule has 0 aliphatic carbocycles. The zero-order valence-corrected chi connectivity index (χ0v) is 22.0. The first-order valence-corrected chi connectivity index (χ1v) is 11.9. The summed E-state index contributed by atoms with van der Waals surface area (Å²) in [5.74, 6) is 0.622. The summed E-state index contributed by atoms with van der Waals surface area (Å²) in [6.07, 6.45) is 11.5. The van der Waals surface area contributed by atoms with Crippen molar-refractivity contribution < 1.29 is 74.2 Å². The zero-order valence-electron chi connectivity index (χ0n) is 18.1. The molecule has 30 heavy (non-hydrogen) atoms. The maximum absolute atomic E-state index is 12.3. The Morgan fingerprint density at radius 3 is 2.13 bits per heavy atom. The zero-order chi connectivity index (χ0) is 21.1. The second-order valence-corrected chi connectivity index (χ2v) is 8.78. The van der Waals surface area contributed by atoms with Crippen LogP contribution in [0.15, 0.2) is 47.4 Å². The number of benzene rings is 2. The van der Waals surface area contributed by atoms with Crippen LogP contribution in [0.2, 0.25) is 0 Å². The summed E-state index contributed by atoms with van der Waals surface area (Å²) in [6, 6.07) is 10.5. The third-order valence-electron chi connectivity index (χ3n) is 4.95. The Bertz CT molecular complexity index is 868. The van der Waals surface area contributed by atoms with E-state index in [4.69, 9.17) is 4.74 Å². The van der Waals surface area contributed by atoms with Gasteiger partial charge in [-0.25, -0.2) is 0 Å². The summed E-state index contributed by atoms with van der Waals surface area (Å²) in [5, 5.41) is 12.3. The normalized spacial score (nSPS) is 11.1. The van der Waals surface area contributed by atoms with Gasteiger partial charge in [0, 0.05) is 6.07 Å². The summed E-state index contributed by atoms with van der Waals surface area (Å²) in [4.78, 5) is -0.242. The Kier molecular flexibility index (Phi) is 13.5. The van der Waals surface area contributed by atoms with Gasteiger partial charge in [0.1, 0.15) is 11.5 Å². The number of ether oxygens (including phenoxy) is 1. The molecule has 0 aliphatic heterocycles. The van der Waals surface area contributed by atoms with Crippen molar-refractivity contribution in [3.63, 3.8) is 0 Å². The van der Waals surface area contributed by atoms with E-state index in [1.807, 2.05) is 0 Å². The molecular weight excluding hydrogens is 427 g/mol. The predicted octanol–water partition coefficient (Wildman–Crippen LogP) is 2.88. The molecule has 160 valence electrons. The average molecular weight is 459 g/mol. The van der Waals surface area contributed by atoms with Crippen LogP contribution >= 0.6 is 0 Å². The van der Waals surface area contributed by atoms with Crippen LogP contribution in [0.25, 0.3) is 0 Å². The molecule has 5 nitrogen and oxygen atoms in total. The molecule has 1 N–H and O–H groups in total. The number of rotatable bonds is 13. The van der Waals surface area contributed by atoms with Crippen LogP contribution in [0.5, 0.6) is 17.2 Å². The minimum atomic E-state index is -4.31. The van der Waals surface area contributed by atoms with Gasteiger partial charge < -0.3 is 9.84 Å². The summed E-state index contributed by atoms with van der Waals surface area (Å²) < 4.78 is 37.6. The van der Waals surface area contributed by atoms with E-state index in [0.29, 0.717) is 17.7 Å². The van der Waals surface area contributed by atoms with Crippen molar-refractivity contribution in [3.05, 3.63) is 48.0 Å². The van der Waals surface area contributed by atoms with Gasteiger partial charge in [-0.3, -0.25) is 4.55 Å². The smallest absolute Gasteiger partial charge is 0.872 e. The number of hydrogen-bond donors (Lipinski definition) is 1. The van der Waals surface area contributed by atoms with Crippen LogP contribution in [-0.4, -0.2) is 13.0 Å². The minimum Gasteiger partial charge on any atom is -0.872 e. The molecule has 0 amide bonds. The largest absolute Gasteiger partial charge is 1.00 e. The molecule has 0 aromatic heterocycles. The maximum Gasteiger partial charge on any atom is 1.00 e. The molecule has 0 heterocycles. The monoisotopic (exact) mass is 458 g/mol. The van der Waals surface area contributed by atoms with Gasteiger partial charge in [0.2, 0.25) is 0 Å².